The van der Waals surface area contributed by atoms with Gasteiger partial charge in [-0.1, -0.05) is 176 Å². The third-order valence-corrected chi connectivity index (χ3v) is 11.6. The van der Waals surface area contributed by atoms with Crippen LogP contribution in [0.3, 0.4) is 0 Å². The highest BCUT2D eigenvalue weighted by molar-refractivity contribution is 6.14. The maximum Gasteiger partial charge on any atom is 0.0782 e. The molecule has 0 spiro atoms. The van der Waals surface area contributed by atoms with E-state index in [1.807, 2.05) is 0 Å². The summed E-state index contributed by atoms with van der Waals surface area (Å²) in [5.74, 6) is 0. The van der Waals surface area contributed by atoms with Crippen LogP contribution in [0.4, 0.5) is 17.1 Å². The van der Waals surface area contributed by atoms with Gasteiger partial charge in [-0.2, -0.15) is 0 Å². The predicted octanol–water partition coefficient (Wildman–Crippen LogP) is 13.8. The van der Waals surface area contributed by atoms with Gasteiger partial charge in [-0.15, -0.1) is 0 Å². The molecule has 0 amide bonds. The van der Waals surface area contributed by atoms with Crippen LogP contribution in [0.15, 0.2) is 218 Å². The third kappa shape index (κ3) is 4.62. The van der Waals surface area contributed by atoms with Crippen molar-refractivity contribution in [3.63, 3.8) is 0 Å². The summed E-state index contributed by atoms with van der Waals surface area (Å²) < 4.78 is 2.47. The minimum absolute atomic E-state index is 0.572. The zero-order valence-electron chi connectivity index (χ0n) is 30.2. The van der Waals surface area contributed by atoms with Gasteiger partial charge in [-0.05, 0) is 86.6 Å². The van der Waals surface area contributed by atoms with Gasteiger partial charge in [0.15, 0.2) is 0 Å². The Morgan fingerprint density at radius 3 is 1.71 bits per heavy atom. The number of aromatic nitrogens is 1. The smallest absolute Gasteiger partial charge is 0.0782 e. The van der Waals surface area contributed by atoms with Gasteiger partial charge in [0, 0.05) is 22.1 Å². The molecule has 0 unspecified atom stereocenters. The molecule has 1 aromatic heterocycles. The van der Waals surface area contributed by atoms with E-state index < -0.39 is 5.41 Å². The Morgan fingerprint density at radius 1 is 0.382 bits per heavy atom. The molecule has 55 heavy (non-hydrogen) atoms. The number of hydrogen-bond acceptors (Lipinski definition) is 1. The van der Waals surface area contributed by atoms with Crippen LogP contribution < -0.4 is 4.90 Å². The monoisotopic (exact) mass is 700 g/mol. The standard InChI is InChI=1S/C53H36N2/c1-3-20-39(21-4-1)53(46-28-12-9-24-42(46)43-25-10-13-29-47(43)53)48-30-14-16-32-50(48)54(40-22-5-2-6-23-40)51-33-17-27-45-44-26-11-15-31-49(44)55(52(45)51)41-35-34-37-18-7-8-19-38(37)36-41/h1-36H. The van der Waals surface area contributed by atoms with E-state index in [1.165, 1.54) is 66.0 Å². The van der Waals surface area contributed by atoms with Crippen LogP contribution in [0.1, 0.15) is 22.3 Å². The summed E-state index contributed by atoms with van der Waals surface area (Å²) in [6, 6.07) is 80.2. The van der Waals surface area contributed by atoms with Crippen LogP contribution in [0.2, 0.25) is 0 Å². The summed E-state index contributed by atoms with van der Waals surface area (Å²) in [6.07, 6.45) is 0. The molecule has 0 aliphatic heterocycles. The molecule has 0 radical (unpaired) electrons. The summed E-state index contributed by atoms with van der Waals surface area (Å²) in [4.78, 5) is 2.50. The summed E-state index contributed by atoms with van der Waals surface area (Å²) in [6.45, 7) is 0. The lowest BCUT2D eigenvalue weighted by Gasteiger charge is -2.38. The van der Waals surface area contributed by atoms with E-state index in [2.05, 4.69) is 228 Å². The first-order chi connectivity index (χ1) is 27.3. The van der Waals surface area contributed by atoms with Gasteiger partial charge in [0.1, 0.15) is 0 Å². The Kier molecular flexibility index (Phi) is 7.11. The van der Waals surface area contributed by atoms with Crippen molar-refractivity contribution in [2.24, 2.45) is 0 Å². The van der Waals surface area contributed by atoms with Gasteiger partial charge in [0.05, 0.1) is 27.8 Å². The highest BCUT2D eigenvalue weighted by Gasteiger charge is 2.47. The minimum atomic E-state index is -0.572. The summed E-state index contributed by atoms with van der Waals surface area (Å²) in [5, 5.41) is 4.90. The highest BCUT2D eigenvalue weighted by atomic mass is 15.2. The molecule has 0 saturated heterocycles. The average Bonchev–Trinajstić information content (AvgIpc) is 3.76. The van der Waals surface area contributed by atoms with Crippen molar-refractivity contribution in [2.45, 2.75) is 5.41 Å². The summed E-state index contributed by atoms with van der Waals surface area (Å²) in [7, 11) is 0. The fourth-order valence-corrected chi connectivity index (χ4v) is 9.42. The number of hydrogen-bond donors (Lipinski definition) is 0. The molecule has 1 aliphatic rings. The average molecular weight is 701 g/mol. The zero-order chi connectivity index (χ0) is 36.3. The van der Waals surface area contributed by atoms with Crippen molar-refractivity contribution in [2.75, 3.05) is 4.90 Å². The van der Waals surface area contributed by atoms with Crippen molar-refractivity contribution < 1.29 is 0 Å². The lowest BCUT2D eigenvalue weighted by molar-refractivity contribution is 0.768. The van der Waals surface area contributed by atoms with Crippen molar-refractivity contribution >= 4 is 49.6 Å². The third-order valence-electron chi connectivity index (χ3n) is 11.6. The molecule has 1 heterocycles. The Labute approximate surface area is 320 Å². The van der Waals surface area contributed by atoms with Crippen LogP contribution >= 0.6 is 0 Å². The van der Waals surface area contributed by atoms with Gasteiger partial charge in [0.2, 0.25) is 0 Å². The second-order valence-corrected chi connectivity index (χ2v) is 14.5. The Hall–Kier alpha value is -7.16. The second kappa shape index (κ2) is 12.5. The van der Waals surface area contributed by atoms with Gasteiger partial charge in [-0.3, -0.25) is 0 Å². The molecule has 2 heteroatoms. The van der Waals surface area contributed by atoms with Crippen molar-refractivity contribution in [1.82, 2.24) is 4.57 Å². The van der Waals surface area contributed by atoms with Crippen LogP contribution in [-0.4, -0.2) is 4.57 Å². The van der Waals surface area contributed by atoms with Crippen molar-refractivity contribution in [3.05, 3.63) is 241 Å². The van der Waals surface area contributed by atoms with Crippen LogP contribution in [0.25, 0.3) is 49.4 Å². The topological polar surface area (TPSA) is 8.17 Å². The van der Waals surface area contributed by atoms with E-state index in [9.17, 15) is 0 Å². The van der Waals surface area contributed by atoms with E-state index in [0.717, 1.165) is 22.7 Å². The Morgan fingerprint density at radius 2 is 0.945 bits per heavy atom. The highest BCUT2D eigenvalue weighted by Crippen LogP contribution is 2.59. The Balaban J connectivity index is 1.27. The van der Waals surface area contributed by atoms with E-state index in [4.69, 9.17) is 0 Å². The summed E-state index contributed by atoms with van der Waals surface area (Å²) in [5.41, 5.74) is 13.9. The van der Waals surface area contributed by atoms with Crippen molar-refractivity contribution in [1.29, 1.82) is 0 Å². The van der Waals surface area contributed by atoms with Crippen LogP contribution in [0, 0.1) is 0 Å². The quantitative estimate of drug-likeness (QED) is 0.168. The molecule has 0 fully saturated rings. The molecule has 0 bridgehead atoms. The van der Waals surface area contributed by atoms with Gasteiger partial charge in [-0.25, -0.2) is 0 Å². The number of anilines is 3. The molecule has 0 saturated carbocycles. The summed E-state index contributed by atoms with van der Waals surface area (Å²) >= 11 is 0. The zero-order valence-corrected chi connectivity index (χ0v) is 30.2. The molecule has 0 atom stereocenters. The molecule has 258 valence electrons. The number of fused-ring (bicyclic) bond motifs is 7. The first-order valence-corrected chi connectivity index (χ1v) is 19.0. The largest absolute Gasteiger partial charge is 0.308 e. The maximum atomic E-state index is 2.50. The molecule has 0 N–H and O–H groups in total. The van der Waals surface area contributed by atoms with Crippen molar-refractivity contribution in [3.8, 4) is 16.8 Å². The van der Waals surface area contributed by atoms with E-state index >= 15 is 0 Å². The van der Waals surface area contributed by atoms with Gasteiger partial charge < -0.3 is 9.47 Å². The predicted molar refractivity (Wildman–Crippen MR) is 230 cm³/mol. The van der Waals surface area contributed by atoms with Gasteiger partial charge in [0.25, 0.3) is 0 Å². The lowest BCUT2D eigenvalue weighted by Crippen LogP contribution is -2.30. The fourth-order valence-electron chi connectivity index (χ4n) is 9.42. The molecule has 10 aromatic rings. The SMILES string of the molecule is c1ccc(N(c2ccccc2C2(c3ccccc3)c3ccccc3-c3ccccc32)c2cccc3c4ccccc4n(-c4ccc5ccccc5c4)c23)cc1. The molecule has 1 aliphatic carbocycles. The number of nitrogens with zero attached hydrogens (tertiary/aromatic N) is 2. The number of benzene rings is 9. The molecule has 2 nitrogen and oxygen atoms in total. The number of para-hydroxylation sites is 4. The van der Waals surface area contributed by atoms with Gasteiger partial charge >= 0.3 is 0 Å². The van der Waals surface area contributed by atoms with E-state index in [0.29, 0.717) is 0 Å². The molecule has 9 aromatic carbocycles. The Bertz CT molecular complexity index is 3000. The normalized spacial score (nSPS) is 12.9. The second-order valence-electron chi connectivity index (χ2n) is 14.5. The maximum absolute atomic E-state index is 2.50. The first-order valence-electron chi connectivity index (χ1n) is 19.0. The molecular formula is C53H36N2. The van der Waals surface area contributed by atoms with Crippen LogP contribution in [0.5, 0.6) is 0 Å². The first kappa shape index (κ1) is 31.4. The fraction of sp³-hybridized carbons (Fsp3) is 0.0189. The van der Waals surface area contributed by atoms with E-state index in [1.54, 1.807) is 0 Å². The van der Waals surface area contributed by atoms with Crippen LogP contribution in [-0.2, 0) is 5.41 Å². The molecule has 11 rings (SSSR count). The lowest BCUT2D eigenvalue weighted by atomic mass is 9.67. The molecular weight excluding hydrogens is 665 g/mol. The number of rotatable bonds is 6. The minimum Gasteiger partial charge on any atom is -0.308 e. The van der Waals surface area contributed by atoms with E-state index in [-0.39, 0.29) is 0 Å².